The van der Waals surface area contributed by atoms with Crippen molar-refractivity contribution in [2.45, 2.75) is 38.3 Å². The highest BCUT2D eigenvalue weighted by Gasteiger charge is 2.58. The molecule has 1 atom stereocenters. The smallest absolute Gasteiger partial charge is 0.370 e. The molecule has 1 N–H and O–H groups in total. The van der Waals surface area contributed by atoms with Crippen LogP contribution in [0.5, 0.6) is 0 Å². The first kappa shape index (κ1) is 19.3. The molecule has 0 aromatic heterocycles. The van der Waals surface area contributed by atoms with E-state index in [1.807, 2.05) is 0 Å². The van der Waals surface area contributed by atoms with Gasteiger partial charge in [-0.2, -0.15) is 13.2 Å². The first-order valence-corrected chi connectivity index (χ1v) is 9.44. The number of halogens is 3. The lowest BCUT2D eigenvalue weighted by atomic mass is 10.2. The minimum absolute atomic E-state index is 0.0299. The second-order valence-corrected chi connectivity index (χ2v) is 9.93. The van der Waals surface area contributed by atoms with Crippen LogP contribution in [0.3, 0.4) is 0 Å². The monoisotopic (exact) mass is 340 g/mol. The van der Waals surface area contributed by atoms with Gasteiger partial charge in [0, 0.05) is 0 Å². The molecule has 0 aliphatic carbocycles. The standard InChI is InChI=1S/C9H16F3O4PS2/c1-4-15-17(18,16-5-2)19-8(14,6-7(3)13)9(10,11)12/h14H,4-6H2,1-3H3. The Labute approximate surface area is 119 Å². The molecule has 0 rings (SSSR count). The normalized spacial score (nSPS) is 16.2. The quantitative estimate of drug-likeness (QED) is 0.541. The number of carbonyl (C=O) groups excluding carboxylic acids is 1. The van der Waals surface area contributed by atoms with E-state index in [-0.39, 0.29) is 24.6 Å². The lowest BCUT2D eigenvalue weighted by molar-refractivity contribution is -0.220. The van der Waals surface area contributed by atoms with Gasteiger partial charge in [0.25, 0.3) is 0 Å². The van der Waals surface area contributed by atoms with Gasteiger partial charge in [0.05, 0.1) is 19.6 Å². The molecule has 0 aromatic rings. The van der Waals surface area contributed by atoms with Gasteiger partial charge in [-0.15, -0.1) is 0 Å². The van der Waals surface area contributed by atoms with Crippen molar-refractivity contribution in [1.29, 1.82) is 0 Å². The maximum Gasteiger partial charge on any atom is 0.427 e. The summed E-state index contributed by atoms with van der Waals surface area (Å²) in [7, 11) is 0. The van der Waals surface area contributed by atoms with E-state index in [9.17, 15) is 23.1 Å². The fourth-order valence-corrected chi connectivity index (χ4v) is 6.97. The molecule has 0 aromatic carbocycles. The van der Waals surface area contributed by atoms with Crippen LogP contribution in [0.2, 0.25) is 0 Å². The number of hydrogen-bond donors (Lipinski definition) is 1. The van der Waals surface area contributed by atoms with Crippen LogP contribution in [0, 0.1) is 0 Å². The van der Waals surface area contributed by atoms with Crippen molar-refractivity contribution >= 4 is 34.7 Å². The molecule has 1 unspecified atom stereocenters. The largest absolute Gasteiger partial charge is 0.427 e. The maximum absolute atomic E-state index is 12.9. The van der Waals surface area contributed by atoms with E-state index in [2.05, 4.69) is 0 Å². The van der Waals surface area contributed by atoms with Crippen molar-refractivity contribution in [3.05, 3.63) is 0 Å². The third kappa shape index (κ3) is 6.10. The van der Waals surface area contributed by atoms with Gasteiger partial charge in [-0.3, -0.25) is 4.79 Å². The fourth-order valence-electron chi connectivity index (χ4n) is 1.11. The molecule has 0 saturated carbocycles. The van der Waals surface area contributed by atoms with Crippen LogP contribution >= 0.6 is 17.1 Å². The van der Waals surface area contributed by atoms with Gasteiger partial charge in [0.1, 0.15) is 5.78 Å². The Balaban J connectivity index is 5.29. The lowest BCUT2D eigenvalue weighted by Gasteiger charge is -2.33. The van der Waals surface area contributed by atoms with Gasteiger partial charge >= 0.3 is 6.18 Å². The summed E-state index contributed by atoms with van der Waals surface area (Å²) in [5.41, 5.74) is -3.37. The Morgan fingerprint density at radius 2 is 1.74 bits per heavy atom. The van der Waals surface area contributed by atoms with Gasteiger partial charge in [0.15, 0.2) is 0 Å². The number of rotatable bonds is 8. The number of aliphatic hydroxyl groups is 1. The number of carbonyl (C=O) groups is 1. The van der Waals surface area contributed by atoms with Gasteiger partial charge in [0.2, 0.25) is 10.6 Å². The number of ketones is 1. The van der Waals surface area contributed by atoms with E-state index in [1.54, 1.807) is 13.8 Å². The molecule has 0 heterocycles. The van der Waals surface area contributed by atoms with Gasteiger partial charge < -0.3 is 14.2 Å². The van der Waals surface area contributed by atoms with E-state index in [4.69, 9.17) is 20.9 Å². The predicted molar refractivity (Wildman–Crippen MR) is 71.4 cm³/mol. The van der Waals surface area contributed by atoms with Crippen LogP contribution < -0.4 is 0 Å². The average molecular weight is 340 g/mol. The average Bonchev–Trinajstić information content (AvgIpc) is 2.13. The minimum atomic E-state index is -5.01. The van der Waals surface area contributed by atoms with Crippen molar-refractivity contribution < 1.29 is 32.1 Å². The van der Waals surface area contributed by atoms with Crippen molar-refractivity contribution in [3.8, 4) is 0 Å². The third-order valence-corrected chi connectivity index (χ3v) is 7.33. The van der Waals surface area contributed by atoms with E-state index in [0.717, 1.165) is 6.92 Å². The molecule has 0 aliphatic heterocycles. The first-order chi connectivity index (χ1) is 8.49. The van der Waals surface area contributed by atoms with Crippen molar-refractivity contribution in [2.24, 2.45) is 0 Å². The number of Topliss-reactive ketones (excluding diaryl/α,β-unsaturated/α-hetero) is 1. The van der Waals surface area contributed by atoms with Crippen LogP contribution in [0.25, 0.3) is 0 Å². The molecular weight excluding hydrogens is 324 g/mol. The maximum atomic E-state index is 12.9. The zero-order valence-electron chi connectivity index (χ0n) is 10.7. The topological polar surface area (TPSA) is 55.8 Å². The molecule has 0 spiro atoms. The summed E-state index contributed by atoms with van der Waals surface area (Å²) < 4.78 is 48.8. The molecule has 4 nitrogen and oxygen atoms in total. The van der Waals surface area contributed by atoms with Crippen LogP contribution in [-0.4, -0.2) is 35.2 Å². The van der Waals surface area contributed by atoms with Crippen LogP contribution in [0.15, 0.2) is 0 Å². The van der Waals surface area contributed by atoms with Gasteiger partial charge in [-0.25, -0.2) is 0 Å². The lowest BCUT2D eigenvalue weighted by Crippen LogP contribution is -2.43. The van der Waals surface area contributed by atoms with Crippen molar-refractivity contribution in [1.82, 2.24) is 0 Å². The van der Waals surface area contributed by atoms with Crippen LogP contribution in [0.1, 0.15) is 27.2 Å². The summed E-state index contributed by atoms with van der Waals surface area (Å²) in [6.07, 6.45) is -6.11. The second kappa shape index (κ2) is 7.38. The van der Waals surface area contributed by atoms with E-state index in [0.29, 0.717) is 0 Å². The summed E-state index contributed by atoms with van der Waals surface area (Å²) >= 11 is 4.90. The van der Waals surface area contributed by atoms with E-state index in [1.165, 1.54) is 0 Å². The molecule has 0 radical (unpaired) electrons. The molecule has 19 heavy (non-hydrogen) atoms. The fraction of sp³-hybridized carbons (Fsp3) is 0.889. The van der Waals surface area contributed by atoms with Crippen LogP contribution in [-0.2, 0) is 25.6 Å². The zero-order valence-corrected chi connectivity index (χ0v) is 13.2. The molecule has 0 amide bonds. The summed E-state index contributed by atoms with van der Waals surface area (Å²) in [5.74, 6) is -0.804. The van der Waals surface area contributed by atoms with E-state index < -0.39 is 29.0 Å². The molecule has 10 heteroatoms. The Morgan fingerprint density at radius 1 is 1.32 bits per heavy atom. The number of alkyl halides is 3. The summed E-state index contributed by atoms with van der Waals surface area (Å²) in [4.78, 5) is 7.64. The first-order valence-electron chi connectivity index (χ1n) is 5.38. The Hall–Kier alpha value is 0.340. The highest BCUT2D eigenvalue weighted by Crippen LogP contribution is 2.68. The Bertz CT molecular complexity index is 354. The van der Waals surface area contributed by atoms with Crippen LogP contribution in [0.4, 0.5) is 13.2 Å². The predicted octanol–water partition coefficient (Wildman–Crippen LogP) is 3.25. The molecular formula is C9H16F3O4PS2. The summed E-state index contributed by atoms with van der Waals surface area (Å²) in [6, 6.07) is 0. The van der Waals surface area contributed by atoms with Gasteiger partial charge in [-0.1, -0.05) is 0 Å². The molecule has 114 valence electrons. The Kier molecular flexibility index (Phi) is 7.51. The highest BCUT2D eigenvalue weighted by atomic mass is 32.9. The number of hydrogen-bond acceptors (Lipinski definition) is 6. The highest BCUT2D eigenvalue weighted by molar-refractivity contribution is 8.68. The molecule has 0 aliphatic rings. The molecule has 0 saturated heterocycles. The molecule has 0 fully saturated rings. The Morgan fingerprint density at radius 3 is 2.00 bits per heavy atom. The summed E-state index contributed by atoms with van der Waals surface area (Å²) in [6.45, 7) is 4.18. The zero-order chi connectivity index (χ0) is 15.3. The van der Waals surface area contributed by atoms with Gasteiger partial charge in [-0.05, 0) is 44.0 Å². The minimum Gasteiger partial charge on any atom is -0.370 e. The third-order valence-electron chi connectivity index (χ3n) is 1.77. The van der Waals surface area contributed by atoms with Crippen molar-refractivity contribution in [2.75, 3.05) is 13.2 Å². The van der Waals surface area contributed by atoms with Crippen molar-refractivity contribution in [3.63, 3.8) is 0 Å². The second-order valence-electron chi connectivity index (χ2n) is 3.53. The molecule has 0 bridgehead atoms. The van der Waals surface area contributed by atoms with E-state index >= 15 is 0 Å². The summed E-state index contributed by atoms with van der Waals surface area (Å²) in [5, 5.41) is 9.73. The SMILES string of the molecule is CCOP(=S)(OCC)SC(O)(CC(C)=O)C(F)(F)F.